The number of halogens is 3. The number of hydrogen-bond acceptors (Lipinski definition) is 3. The van der Waals surface area contributed by atoms with Crippen LogP contribution in [0, 0.1) is 5.92 Å². The third-order valence-corrected chi connectivity index (χ3v) is 3.46. The van der Waals surface area contributed by atoms with Crippen molar-refractivity contribution in [2.75, 3.05) is 11.5 Å². The first-order valence-electron chi connectivity index (χ1n) is 4.03. The molecule has 90 valence electrons. The predicted octanol–water partition coefficient (Wildman–Crippen LogP) is 1.07. The minimum Gasteiger partial charge on any atom is -0.481 e. The summed E-state index contributed by atoms with van der Waals surface area (Å²) in [6, 6.07) is 0. The Morgan fingerprint density at radius 2 is 1.87 bits per heavy atom. The van der Waals surface area contributed by atoms with E-state index in [-0.39, 0.29) is 0 Å². The van der Waals surface area contributed by atoms with Crippen LogP contribution in [-0.2, 0) is 14.6 Å². The minimum atomic E-state index is -4.54. The summed E-state index contributed by atoms with van der Waals surface area (Å²) in [4.78, 5) is 10.3. The van der Waals surface area contributed by atoms with Gasteiger partial charge in [0.2, 0.25) is 0 Å². The number of hydrogen-bond donors (Lipinski definition) is 1. The molecule has 0 fully saturated rings. The Hall–Kier alpha value is -0.790. The van der Waals surface area contributed by atoms with Gasteiger partial charge in [0, 0.05) is 0 Å². The number of sulfone groups is 1. The SMILES string of the molecule is CC(CS(=O)(=O)CCC(F)(F)F)C(=O)O. The van der Waals surface area contributed by atoms with Gasteiger partial charge in [-0.3, -0.25) is 4.79 Å². The zero-order chi connectivity index (χ0) is 12.3. The Balaban J connectivity index is 4.27. The molecule has 0 saturated carbocycles. The second kappa shape index (κ2) is 4.82. The lowest BCUT2D eigenvalue weighted by atomic mass is 10.2. The standard InChI is InChI=1S/C7H11F3O4S/c1-5(6(11)12)4-15(13,14)3-2-7(8,9)10/h5H,2-4H2,1H3,(H,11,12). The Bertz CT molecular complexity index is 320. The number of aliphatic carboxylic acids is 1. The molecule has 0 aromatic rings. The first kappa shape index (κ1) is 14.2. The zero-order valence-corrected chi connectivity index (χ0v) is 8.73. The molecule has 0 radical (unpaired) electrons. The molecule has 8 heteroatoms. The Morgan fingerprint density at radius 1 is 1.40 bits per heavy atom. The molecule has 0 aromatic heterocycles. The van der Waals surface area contributed by atoms with E-state index in [9.17, 15) is 26.4 Å². The fourth-order valence-electron chi connectivity index (χ4n) is 0.807. The van der Waals surface area contributed by atoms with Crippen molar-refractivity contribution in [1.29, 1.82) is 0 Å². The molecule has 0 saturated heterocycles. The van der Waals surface area contributed by atoms with Crippen LogP contribution in [0.1, 0.15) is 13.3 Å². The van der Waals surface area contributed by atoms with Gasteiger partial charge in [-0.15, -0.1) is 0 Å². The summed E-state index contributed by atoms with van der Waals surface area (Å²) in [7, 11) is -3.96. The van der Waals surface area contributed by atoms with Gasteiger partial charge in [0.25, 0.3) is 0 Å². The molecule has 0 heterocycles. The summed E-state index contributed by atoms with van der Waals surface area (Å²) in [5.41, 5.74) is 0. The highest BCUT2D eigenvalue weighted by Crippen LogP contribution is 2.20. The van der Waals surface area contributed by atoms with E-state index in [1.807, 2.05) is 0 Å². The Morgan fingerprint density at radius 3 is 2.20 bits per heavy atom. The van der Waals surface area contributed by atoms with E-state index in [4.69, 9.17) is 5.11 Å². The summed E-state index contributed by atoms with van der Waals surface area (Å²) < 4.78 is 57.2. The molecule has 0 aromatic carbocycles. The van der Waals surface area contributed by atoms with Crippen LogP contribution in [0.5, 0.6) is 0 Å². The lowest BCUT2D eigenvalue weighted by Crippen LogP contribution is -2.25. The number of carboxylic acids is 1. The number of carbonyl (C=O) groups is 1. The van der Waals surface area contributed by atoms with E-state index in [1.54, 1.807) is 0 Å². The van der Waals surface area contributed by atoms with Gasteiger partial charge in [-0.1, -0.05) is 6.92 Å². The maximum absolute atomic E-state index is 11.7. The quantitative estimate of drug-likeness (QED) is 0.790. The van der Waals surface area contributed by atoms with E-state index in [2.05, 4.69) is 0 Å². The van der Waals surface area contributed by atoms with Gasteiger partial charge in [-0.25, -0.2) is 8.42 Å². The molecule has 0 spiro atoms. The van der Waals surface area contributed by atoms with Gasteiger partial charge in [0.15, 0.2) is 9.84 Å². The number of carboxylic acid groups (broad SMARTS) is 1. The van der Waals surface area contributed by atoms with Crippen molar-refractivity contribution < 1.29 is 31.5 Å². The molecule has 0 aliphatic heterocycles. The highest BCUT2D eigenvalue weighted by Gasteiger charge is 2.31. The van der Waals surface area contributed by atoms with Gasteiger partial charge in [-0.2, -0.15) is 13.2 Å². The molecule has 0 amide bonds. The maximum atomic E-state index is 11.7. The molecule has 0 bridgehead atoms. The van der Waals surface area contributed by atoms with Gasteiger partial charge >= 0.3 is 12.1 Å². The number of rotatable bonds is 5. The first-order chi connectivity index (χ1) is 6.53. The normalized spacial score (nSPS) is 14.9. The van der Waals surface area contributed by atoms with Crippen molar-refractivity contribution in [3.8, 4) is 0 Å². The van der Waals surface area contributed by atoms with Crippen LogP contribution in [0.2, 0.25) is 0 Å². The second-order valence-corrected chi connectivity index (χ2v) is 5.45. The largest absolute Gasteiger partial charge is 0.481 e. The van der Waals surface area contributed by atoms with Crippen molar-refractivity contribution in [3.05, 3.63) is 0 Å². The summed E-state index contributed by atoms with van der Waals surface area (Å²) in [5.74, 6) is -4.36. The van der Waals surface area contributed by atoms with E-state index in [0.717, 1.165) is 6.92 Å². The van der Waals surface area contributed by atoms with Gasteiger partial charge in [0.1, 0.15) is 0 Å². The third kappa shape index (κ3) is 7.18. The van der Waals surface area contributed by atoms with Crippen LogP contribution in [0.4, 0.5) is 13.2 Å². The van der Waals surface area contributed by atoms with Crippen LogP contribution >= 0.6 is 0 Å². The molecule has 0 aliphatic rings. The Kier molecular flexibility index (Phi) is 4.57. The molecule has 1 atom stereocenters. The fourth-order valence-corrected chi connectivity index (χ4v) is 2.42. The molecule has 0 rings (SSSR count). The highest BCUT2D eigenvalue weighted by atomic mass is 32.2. The van der Waals surface area contributed by atoms with Crippen molar-refractivity contribution in [1.82, 2.24) is 0 Å². The minimum absolute atomic E-state index is 0.765. The van der Waals surface area contributed by atoms with Crippen LogP contribution in [-0.4, -0.2) is 37.2 Å². The maximum Gasteiger partial charge on any atom is 0.390 e. The van der Waals surface area contributed by atoms with Crippen LogP contribution in [0.15, 0.2) is 0 Å². The van der Waals surface area contributed by atoms with Crippen molar-refractivity contribution in [2.24, 2.45) is 5.92 Å². The van der Waals surface area contributed by atoms with Crippen molar-refractivity contribution >= 4 is 15.8 Å². The van der Waals surface area contributed by atoms with E-state index >= 15 is 0 Å². The van der Waals surface area contributed by atoms with Gasteiger partial charge in [-0.05, 0) is 0 Å². The summed E-state index contributed by atoms with van der Waals surface area (Å²) in [6.45, 7) is 1.13. The summed E-state index contributed by atoms with van der Waals surface area (Å²) in [6.07, 6.45) is -5.98. The molecule has 0 aliphatic carbocycles. The smallest absolute Gasteiger partial charge is 0.390 e. The van der Waals surface area contributed by atoms with Gasteiger partial charge < -0.3 is 5.11 Å². The highest BCUT2D eigenvalue weighted by molar-refractivity contribution is 7.91. The fraction of sp³-hybridized carbons (Fsp3) is 0.857. The Labute approximate surface area is 85.0 Å². The van der Waals surface area contributed by atoms with Crippen LogP contribution < -0.4 is 0 Å². The zero-order valence-electron chi connectivity index (χ0n) is 7.91. The lowest BCUT2D eigenvalue weighted by molar-refractivity contribution is -0.140. The molecule has 15 heavy (non-hydrogen) atoms. The predicted molar refractivity (Wildman–Crippen MR) is 46.1 cm³/mol. The molecule has 4 nitrogen and oxygen atoms in total. The van der Waals surface area contributed by atoms with Crippen molar-refractivity contribution in [2.45, 2.75) is 19.5 Å². The van der Waals surface area contributed by atoms with E-state index in [1.165, 1.54) is 0 Å². The second-order valence-electron chi connectivity index (χ2n) is 3.22. The van der Waals surface area contributed by atoms with Crippen LogP contribution in [0.25, 0.3) is 0 Å². The average Bonchev–Trinajstić information content (AvgIpc) is 1.99. The molecule has 1 unspecified atom stereocenters. The van der Waals surface area contributed by atoms with Gasteiger partial charge in [0.05, 0.1) is 23.8 Å². The van der Waals surface area contributed by atoms with Crippen molar-refractivity contribution in [3.63, 3.8) is 0 Å². The summed E-state index contributed by atoms with van der Waals surface area (Å²) in [5, 5.41) is 8.39. The first-order valence-corrected chi connectivity index (χ1v) is 5.85. The molecular weight excluding hydrogens is 237 g/mol. The van der Waals surface area contributed by atoms with E-state index in [0.29, 0.717) is 0 Å². The number of alkyl halides is 3. The lowest BCUT2D eigenvalue weighted by Gasteiger charge is -2.09. The summed E-state index contributed by atoms with van der Waals surface area (Å²) >= 11 is 0. The average molecular weight is 248 g/mol. The van der Waals surface area contributed by atoms with E-state index < -0.39 is 45.8 Å². The monoisotopic (exact) mass is 248 g/mol. The van der Waals surface area contributed by atoms with Crippen LogP contribution in [0.3, 0.4) is 0 Å². The molecular formula is C7H11F3O4S. The molecule has 1 N–H and O–H groups in total. The topological polar surface area (TPSA) is 71.4 Å². The third-order valence-electron chi connectivity index (χ3n) is 1.62.